The van der Waals surface area contributed by atoms with Crippen LogP contribution in [0.25, 0.3) is 0 Å². The number of aliphatic imine (C=N–C) groups is 1. The average Bonchev–Trinajstić information content (AvgIpc) is 2.74. The molecule has 0 heterocycles. The lowest BCUT2D eigenvalue weighted by Gasteiger charge is -2.16. The molecule has 0 saturated heterocycles. The fourth-order valence-electron chi connectivity index (χ4n) is 2.48. The van der Waals surface area contributed by atoms with Crippen molar-refractivity contribution in [1.82, 2.24) is 5.32 Å². The van der Waals surface area contributed by atoms with Crippen molar-refractivity contribution < 1.29 is 9.47 Å². The lowest BCUT2D eigenvalue weighted by atomic mass is 10.1. The zero-order valence-corrected chi connectivity index (χ0v) is 13.6. The molecular weight excluding hydrogens is 266 g/mol. The van der Waals surface area contributed by atoms with E-state index in [4.69, 9.17) is 15.2 Å². The first-order valence-corrected chi connectivity index (χ1v) is 8.55. The number of ether oxygens (including phenoxy) is 2. The molecule has 1 aliphatic carbocycles. The molecule has 1 fully saturated rings. The van der Waals surface area contributed by atoms with Gasteiger partial charge in [0, 0.05) is 12.6 Å². The maximum atomic E-state index is 5.91. The molecule has 0 spiro atoms. The summed E-state index contributed by atoms with van der Waals surface area (Å²) in [5.41, 5.74) is 5.91. The number of hydrogen-bond acceptors (Lipinski definition) is 3. The van der Waals surface area contributed by atoms with Crippen molar-refractivity contribution in [3.8, 4) is 0 Å². The Balaban J connectivity index is 1.96. The Hall–Kier alpha value is -0.810. The zero-order valence-electron chi connectivity index (χ0n) is 13.6. The average molecular weight is 299 g/mol. The van der Waals surface area contributed by atoms with Gasteiger partial charge >= 0.3 is 0 Å². The molecule has 3 N–H and O–H groups in total. The van der Waals surface area contributed by atoms with E-state index in [1.807, 2.05) is 0 Å². The van der Waals surface area contributed by atoms with Crippen LogP contribution in [-0.2, 0) is 9.47 Å². The molecule has 5 nitrogen and oxygen atoms in total. The summed E-state index contributed by atoms with van der Waals surface area (Å²) in [5, 5.41) is 3.33. The Morgan fingerprint density at radius 1 is 1.05 bits per heavy atom. The lowest BCUT2D eigenvalue weighted by Crippen LogP contribution is -2.40. The molecule has 1 aliphatic rings. The Morgan fingerprint density at radius 2 is 1.71 bits per heavy atom. The first kappa shape index (κ1) is 18.2. The third-order valence-corrected chi connectivity index (χ3v) is 3.74. The van der Waals surface area contributed by atoms with Crippen LogP contribution in [0.2, 0.25) is 0 Å². The van der Waals surface area contributed by atoms with Crippen molar-refractivity contribution in [2.24, 2.45) is 10.7 Å². The molecule has 1 rings (SSSR count). The summed E-state index contributed by atoms with van der Waals surface area (Å²) in [6, 6.07) is 0.504. The lowest BCUT2D eigenvalue weighted by molar-refractivity contribution is 0.0497. The van der Waals surface area contributed by atoms with Gasteiger partial charge in [0.05, 0.1) is 26.4 Å². The Morgan fingerprint density at radius 3 is 2.38 bits per heavy atom. The van der Waals surface area contributed by atoms with E-state index in [-0.39, 0.29) is 0 Å². The highest BCUT2D eigenvalue weighted by atomic mass is 16.5. The zero-order chi connectivity index (χ0) is 15.2. The van der Waals surface area contributed by atoms with Crippen LogP contribution >= 0.6 is 0 Å². The normalized spacial score (nSPS) is 17.7. The first-order chi connectivity index (χ1) is 10.3. The van der Waals surface area contributed by atoms with Gasteiger partial charge < -0.3 is 20.5 Å². The number of nitrogens with zero attached hydrogens (tertiary/aromatic N) is 1. The van der Waals surface area contributed by atoms with Gasteiger partial charge in [-0.25, -0.2) is 0 Å². The molecule has 0 radical (unpaired) electrons. The van der Waals surface area contributed by atoms with Crippen molar-refractivity contribution in [2.45, 2.75) is 64.3 Å². The maximum Gasteiger partial charge on any atom is 0.188 e. The number of hydrogen-bond donors (Lipinski definition) is 2. The molecule has 0 aliphatic heterocycles. The van der Waals surface area contributed by atoms with Crippen LogP contribution < -0.4 is 11.1 Å². The molecule has 0 atom stereocenters. The van der Waals surface area contributed by atoms with E-state index < -0.39 is 0 Å². The van der Waals surface area contributed by atoms with Crippen molar-refractivity contribution >= 4 is 5.96 Å². The Bertz CT molecular complexity index is 264. The molecule has 5 heteroatoms. The fraction of sp³-hybridized carbons (Fsp3) is 0.938. The van der Waals surface area contributed by atoms with Crippen LogP contribution in [0.4, 0.5) is 0 Å². The SMILES string of the molecule is CCCCOCCOCCN=C(N)NC1CCCCCC1. The van der Waals surface area contributed by atoms with E-state index in [2.05, 4.69) is 17.2 Å². The fourth-order valence-corrected chi connectivity index (χ4v) is 2.48. The standard InChI is InChI=1S/C16H33N3O2/c1-2-3-11-20-13-14-21-12-10-18-16(17)19-15-8-6-4-5-7-9-15/h15H,2-14H2,1H3,(H3,17,18,19). The van der Waals surface area contributed by atoms with Crippen LogP contribution in [-0.4, -0.2) is 45.0 Å². The highest BCUT2D eigenvalue weighted by Gasteiger charge is 2.11. The Kier molecular flexibility index (Phi) is 11.2. The third kappa shape index (κ3) is 10.5. The van der Waals surface area contributed by atoms with E-state index in [1.165, 1.54) is 44.9 Å². The van der Waals surface area contributed by atoms with Crippen molar-refractivity contribution in [3.05, 3.63) is 0 Å². The minimum Gasteiger partial charge on any atom is -0.379 e. The quantitative estimate of drug-likeness (QED) is 0.281. The van der Waals surface area contributed by atoms with E-state index in [0.717, 1.165) is 13.0 Å². The minimum atomic E-state index is 0.504. The molecule has 21 heavy (non-hydrogen) atoms. The highest BCUT2D eigenvalue weighted by Crippen LogP contribution is 2.16. The van der Waals surface area contributed by atoms with Crippen LogP contribution in [0.3, 0.4) is 0 Å². The molecule has 0 bridgehead atoms. The molecule has 0 aromatic heterocycles. The number of rotatable bonds is 10. The number of nitrogens with two attached hydrogens (primary N) is 1. The summed E-state index contributed by atoms with van der Waals surface area (Å²) in [6.07, 6.45) is 10.0. The van der Waals surface area contributed by atoms with E-state index in [0.29, 0.717) is 38.4 Å². The van der Waals surface area contributed by atoms with E-state index in [1.54, 1.807) is 0 Å². The maximum absolute atomic E-state index is 5.91. The number of nitrogens with one attached hydrogen (secondary N) is 1. The summed E-state index contributed by atoms with van der Waals surface area (Å²) in [6.45, 7) is 5.50. The van der Waals surface area contributed by atoms with Crippen molar-refractivity contribution in [3.63, 3.8) is 0 Å². The van der Waals surface area contributed by atoms with Gasteiger partial charge in [-0.1, -0.05) is 39.0 Å². The van der Waals surface area contributed by atoms with Crippen LogP contribution in [0, 0.1) is 0 Å². The van der Waals surface area contributed by atoms with Gasteiger partial charge in [0.2, 0.25) is 0 Å². The van der Waals surface area contributed by atoms with Gasteiger partial charge in [-0.2, -0.15) is 0 Å². The smallest absolute Gasteiger partial charge is 0.188 e. The van der Waals surface area contributed by atoms with Gasteiger partial charge in [-0.3, -0.25) is 4.99 Å². The largest absolute Gasteiger partial charge is 0.379 e. The van der Waals surface area contributed by atoms with E-state index >= 15 is 0 Å². The van der Waals surface area contributed by atoms with Gasteiger partial charge in [-0.15, -0.1) is 0 Å². The number of guanidine groups is 1. The van der Waals surface area contributed by atoms with Gasteiger partial charge in [0.1, 0.15) is 0 Å². The summed E-state index contributed by atoms with van der Waals surface area (Å²) < 4.78 is 10.9. The van der Waals surface area contributed by atoms with Gasteiger partial charge in [-0.05, 0) is 19.3 Å². The molecular formula is C16H33N3O2. The molecule has 0 amide bonds. The van der Waals surface area contributed by atoms with E-state index in [9.17, 15) is 0 Å². The van der Waals surface area contributed by atoms with Crippen LogP contribution in [0.15, 0.2) is 4.99 Å². The predicted octanol–water partition coefficient (Wildman–Crippen LogP) is 2.45. The second kappa shape index (κ2) is 12.9. The van der Waals surface area contributed by atoms with Gasteiger partial charge in [0.25, 0.3) is 0 Å². The topological polar surface area (TPSA) is 68.9 Å². The number of unbranched alkanes of at least 4 members (excludes halogenated alkanes) is 1. The summed E-state index contributed by atoms with van der Waals surface area (Å²) in [7, 11) is 0. The second-order valence-corrected chi connectivity index (χ2v) is 5.68. The molecule has 0 aromatic rings. The minimum absolute atomic E-state index is 0.504. The van der Waals surface area contributed by atoms with Crippen molar-refractivity contribution in [1.29, 1.82) is 0 Å². The van der Waals surface area contributed by atoms with Gasteiger partial charge in [0.15, 0.2) is 5.96 Å². The first-order valence-electron chi connectivity index (χ1n) is 8.55. The summed E-state index contributed by atoms with van der Waals surface area (Å²) >= 11 is 0. The third-order valence-electron chi connectivity index (χ3n) is 3.74. The monoisotopic (exact) mass is 299 g/mol. The Labute approximate surface area is 129 Å². The summed E-state index contributed by atoms with van der Waals surface area (Å²) in [5.74, 6) is 0.560. The predicted molar refractivity (Wildman–Crippen MR) is 87.7 cm³/mol. The molecule has 0 unspecified atom stereocenters. The van der Waals surface area contributed by atoms with Crippen LogP contribution in [0.5, 0.6) is 0 Å². The molecule has 124 valence electrons. The molecule has 0 aromatic carbocycles. The highest BCUT2D eigenvalue weighted by molar-refractivity contribution is 5.78. The second-order valence-electron chi connectivity index (χ2n) is 5.68. The summed E-state index contributed by atoms with van der Waals surface area (Å²) in [4.78, 5) is 4.31. The molecule has 1 saturated carbocycles. The van der Waals surface area contributed by atoms with Crippen LogP contribution in [0.1, 0.15) is 58.3 Å². The van der Waals surface area contributed by atoms with Crippen molar-refractivity contribution in [2.75, 3.05) is 33.0 Å².